The Morgan fingerprint density at radius 3 is 2.58 bits per heavy atom. The van der Waals surface area contributed by atoms with Gasteiger partial charge in [-0.15, -0.1) is 0 Å². The summed E-state index contributed by atoms with van der Waals surface area (Å²) in [5.41, 5.74) is 0.669. The molecule has 0 radical (unpaired) electrons. The number of hydrogen-bond acceptors (Lipinski definition) is 6. The van der Waals surface area contributed by atoms with Crippen molar-refractivity contribution in [2.75, 3.05) is 6.54 Å². The molecule has 1 fully saturated rings. The summed E-state index contributed by atoms with van der Waals surface area (Å²) in [7, 11) is 0. The monoisotopic (exact) mass is 349 g/mol. The molecule has 6 nitrogen and oxygen atoms in total. The highest BCUT2D eigenvalue weighted by atomic mass is 32.2. The fraction of sp³-hybridized carbons (Fsp3) is 0.353. The van der Waals surface area contributed by atoms with E-state index in [1.807, 2.05) is 0 Å². The number of carbonyl (C=O) groups excluding carboxylic acids is 3. The van der Waals surface area contributed by atoms with Crippen LogP contribution in [0.2, 0.25) is 0 Å². The highest BCUT2D eigenvalue weighted by Gasteiger charge is 2.37. The first-order chi connectivity index (χ1) is 11.1. The number of aromatic hydroxyl groups is 1. The number of hydrogen-bond donors (Lipinski definition) is 1. The lowest BCUT2D eigenvalue weighted by atomic mass is 10.1. The lowest BCUT2D eigenvalue weighted by molar-refractivity contribution is -0.156. The number of imide groups is 1. The van der Waals surface area contributed by atoms with E-state index in [0.717, 1.165) is 16.7 Å². The van der Waals surface area contributed by atoms with Gasteiger partial charge in [0.25, 0.3) is 11.1 Å². The quantitative estimate of drug-likeness (QED) is 0.667. The van der Waals surface area contributed by atoms with Gasteiger partial charge in [0.2, 0.25) is 0 Å². The minimum absolute atomic E-state index is 0.158. The standard InChI is InChI=1S/C17H19NO5S/c1-10-7-11(5-6-12(10)19)8-13-15(21)18(16(22)24-13)9-14(20)23-17(2,3)4/h5-8,19H,9H2,1-4H3/b13-8+. The van der Waals surface area contributed by atoms with Gasteiger partial charge in [-0.3, -0.25) is 19.3 Å². The van der Waals surface area contributed by atoms with Gasteiger partial charge >= 0.3 is 5.97 Å². The summed E-state index contributed by atoms with van der Waals surface area (Å²) in [6, 6.07) is 4.87. The summed E-state index contributed by atoms with van der Waals surface area (Å²) >= 11 is 0.775. The van der Waals surface area contributed by atoms with Gasteiger partial charge in [0.15, 0.2) is 0 Å². The molecule has 128 valence electrons. The molecule has 1 N–H and O–H groups in total. The zero-order valence-corrected chi connectivity index (χ0v) is 14.8. The summed E-state index contributed by atoms with van der Waals surface area (Å²) in [6.07, 6.45) is 1.56. The lowest BCUT2D eigenvalue weighted by Crippen LogP contribution is -2.37. The molecule has 0 aliphatic carbocycles. The predicted molar refractivity (Wildman–Crippen MR) is 91.4 cm³/mol. The maximum absolute atomic E-state index is 12.3. The summed E-state index contributed by atoms with van der Waals surface area (Å²) < 4.78 is 5.14. The van der Waals surface area contributed by atoms with E-state index in [0.29, 0.717) is 11.1 Å². The van der Waals surface area contributed by atoms with Gasteiger partial charge in [0.1, 0.15) is 17.9 Å². The number of aryl methyl sites for hydroxylation is 1. The Morgan fingerprint density at radius 2 is 2.00 bits per heavy atom. The van der Waals surface area contributed by atoms with Gasteiger partial charge < -0.3 is 9.84 Å². The molecular formula is C17H19NO5S. The van der Waals surface area contributed by atoms with Gasteiger partial charge in [0.05, 0.1) is 4.91 Å². The van der Waals surface area contributed by atoms with E-state index in [1.165, 1.54) is 6.07 Å². The van der Waals surface area contributed by atoms with E-state index in [-0.39, 0.29) is 10.7 Å². The third-order valence-corrected chi connectivity index (χ3v) is 4.01. The van der Waals surface area contributed by atoms with E-state index in [4.69, 9.17) is 4.74 Å². The third kappa shape index (κ3) is 4.38. The van der Waals surface area contributed by atoms with Crippen LogP contribution in [0.1, 0.15) is 31.9 Å². The van der Waals surface area contributed by atoms with Crippen molar-refractivity contribution in [3.63, 3.8) is 0 Å². The van der Waals surface area contributed by atoms with Gasteiger partial charge in [-0.2, -0.15) is 0 Å². The second-order valence-electron chi connectivity index (χ2n) is 6.40. The van der Waals surface area contributed by atoms with E-state index < -0.39 is 29.3 Å². The lowest BCUT2D eigenvalue weighted by Gasteiger charge is -2.21. The van der Waals surface area contributed by atoms with Crippen molar-refractivity contribution in [1.29, 1.82) is 0 Å². The third-order valence-electron chi connectivity index (χ3n) is 3.10. The molecule has 0 spiro atoms. The Morgan fingerprint density at radius 1 is 1.33 bits per heavy atom. The second-order valence-corrected chi connectivity index (χ2v) is 7.39. The summed E-state index contributed by atoms with van der Waals surface area (Å²) in [5, 5.41) is 9.02. The van der Waals surface area contributed by atoms with Crippen molar-refractivity contribution in [3.8, 4) is 5.75 Å². The van der Waals surface area contributed by atoms with Gasteiger partial charge in [-0.1, -0.05) is 6.07 Å². The first-order valence-electron chi connectivity index (χ1n) is 7.33. The van der Waals surface area contributed by atoms with E-state index in [1.54, 1.807) is 45.9 Å². The normalized spacial score (nSPS) is 16.8. The molecule has 7 heteroatoms. The maximum atomic E-state index is 12.3. The van der Waals surface area contributed by atoms with Crippen molar-refractivity contribution in [3.05, 3.63) is 34.2 Å². The van der Waals surface area contributed by atoms with Crippen LogP contribution in [0.25, 0.3) is 6.08 Å². The number of amides is 2. The number of phenols is 1. The highest BCUT2D eigenvalue weighted by Crippen LogP contribution is 2.32. The van der Waals surface area contributed by atoms with Crippen molar-refractivity contribution < 1.29 is 24.2 Å². The van der Waals surface area contributed by atoms with Crippen LogP contribution in [-0.2, 0) is 14.3 Å². The van der Waals surface area contributed by atoms with Crippen LogP contribution in [0.3, 0.4) is 0 Å². The van der Waals surface area contributed by atoms with E-state index in [9.17, 15) is 19.5 Å². The molecule has 1 aromatic carbocycles. The van der Waals surface area contributed by atoms with Crippen molar-refractivity contribution >= 4 is 35.0 Å². The molecule has 0 atom stereocenters. The molecule has 24 heavy (non-hydrogen) atoms. The largest absolute Gasteiger partial charge is 0.508 e. The molecule has 0 unspecified atom stereocenters. The topological polar surface area (TPSA) is 83.9 Å². The van der Waals surface area contributed by atoms with Crippen LogP contribution in [0.5, 0.6) is 5.75 Å². The van der Waals surface area contributed by atoms with E-state index >= 15 is 0 Å². The van der Waals surface area contributed by atoms with E-state index in [2.05, 4.69) is 0 Å². The number of thioether (sulfide) groups is 1. The van der Waals surface area contributed by atoms with Gasteiger partial charge in [-0.05, 0) is 68.8 Å². The Bertz CT molecular complexity index is 733. The second kappa shape index (κ2) is 6.68. The van der Waals surface area contributed by atoms with Crippen LogP contribution < -0.4 is 0 Å². The molecule has 2 amide bonds. The molecule has 1 saturated heterocycles. The Kier molecular flexibility index (Phi) is 5.03. The fourth-order valence-corrected chi connectivity index (χ4v) is 2.90. The predicted octanol–water partition coefficient (Wildman–Crippen LogP) is 3.08. The van der Waals surface area contributed by atoms with Gasteiger partial charge in [-0.25, -0.2) is 0 Å². The summed E-state index contributed by atoms with van der Waals surface area (Å²) in [6.45, 7) is 6.47. The minimum Gasteiger partial charge on any atom is -0.508 e. The average Bonchev–Trinajstić information content (AvgIpc) is 2.69. The first kappa shape index (κ1) is 18.1. The Labute approximate surface area is 144 Å². The van der Waals surface area contributed by atoms with Crippen molar-refractivity contribution in [2.45, 2.75) is 33.3 Å². The molecule has 0 aromatic heterocycles. The minimum atomic E-state index is -0.682. The molecule has 1 aliphatic heterocycles. The zero-order chi connectivity index (χ0) is 18.1. The van der Waals surface area contributed by atoms with Crippen molar-refractivity contribution in [2.24, 2.45) is 0 Å². The molecule has 1 aliphatic rings. The maximum Gasteiger partial charge on any atom is 0.326 e. The molecule has 1 aromatic rings. The van der Waals surface area contributed by atoms with Crippen LogP contribution in [0.15, 0.2) is 23.1 Å². The summed E-state index contributed by atoms with van der Waals surface area (Å²) in [4.78, 5) is 37.3. The zero-order valence-electron chi connectivity index (χ0n) is 14.0. The Balaban J connectivity index is 2.14. The highest BCUT2D eigenvalue weighted by molar-refractivity contribution is 8.18. The van der Waals surface area contributed by atoms with Crippen LogP contribution >= 0.6 is 11.8 Å². The number of benzene rings is 1. The number of ether oxygens (including phenoxy) is 1. The van der Waals surface area contributed by atoms with Crippen molar-refractivity contribution in [1.82, 2.24) is 4.90 Å². The smallest absolute Gasteiger partial charge is 0.326 e. The fourth-order valence-electron chi connectivity index (χ4n) is 2.06. The molecule has 1 heterocycles. The molecule has 0 bridgehead atoms. The first-order valence-corrected chi connectivity index (χ1v) is 8.15. The van der Waals surface area contributed by atoms with Gasteiger partial charge in [0, 0.05) is 0 Å². The molecule has 0 saturated carbocycles. The van der Waals surface area contributed by atoms with Crippen LogP contribution in [-0.4, -0.2) is 39.3 Å². The van der Waals surface area contributed by atoms with Crippen LogP contribution in [0, 0.1) is 6.92 Å². The number of rotatable bonds is 3. The summed E-state index contributed by atoms with van der Waals surface area (Å²) in [5.74, 6) is -1.00. The molecular weight excluding hydrogens is 330 g/mol. The number of phenolic OH excluding ortho intramolecular Hbond substituents is 1. The SMILES string of the molecule is Cc1cc(/C=C2/SC(=O)N(CC(=O)OC(C)(C)C)C2=O)ccc1O. The number of esters is 1. The van der Waals surface area contributed by atoms with Crippen LogP contribution in [0.4, 0.5) is 4.79 Å². The number of carbonyl (C=O) groups is 3. The number of nitrogens with zero attached hydrogens (tertiary/aromatic N) is 1. The molecule has 2 rings (SSSR count). The Hall–Kier alpha value is -2.28. The average molecular weight is 349 g/mol.